The van der Waals surface area contributed by atoms with Crippen molar-refractivity contribution >= 4 is 0 Å². The molecular weight excluding hydrogens is 384 g/mol. The van der Waals surface area contributed by atoms with Gasteiger partial charge in [-0.05, 0) is 29.7 Å². The van der Waals surface area contributed by atoms with Crippen molar-refractivity contribution < 1.29 is 8.78 Å². The molecule has 1 fully saturated rings. The third kappa shape index (κ3) is 4.91. The Morgan fingerprint density at radius 3 is 2.37 bits per heavy atom. The summed E-state index contributed by atoms with van der Waals surface area (Å²) in [5.74, 6) is 0.599. The Balaban J connectivity index is 1.59. The highest BCUT2D eigenvalue weighted by atomic mass is 19.1. The third-order valence-electron chi connectivity index (χ3n) is 5.65. The van der Waals surface area contributed by atoms with Gasteiger partial charge in [0.1, 0.15) is 12.1 Å². The zero-order chi connectivity index (χ0) is 20.8. The van der Waals surface area contributed by atoms with Crippen molar-refractivity contribution in [2.75, 3.05) is 39.4 Å². The van der Waals surface area contributed by atoms with E-state index < -0.39 is 0 Å². The topological polar surface area (TPSA) is 37.2 Å². The van der Waals surface area contributed by atoms with E-state index in [0.717, 1.165) is 44.1 Å². The first-order valence-corrected chi connectivity index (χ1v) is 10.4. The lowest BCUT2D eigenvalue weighted by molar-refractivity contribution is 0.103. The zero-order valence-corrected chi connectivity index (χ0v) is 17.0. The van der Waals surface area contributed by atoms with Gasteiger partial charge >= 0.3 is 0 Å². The molecule has 1 atom stereocenters. The van der Waals surface area contributed by atoms with Gasteiger partial charge in [-0.3, -0.25) is 9.29 Å². The molecule has 1 saturated heterocycles. The number of nitrogens with zero attached hydrogens (tertiary/aromatic N) is 5. The van der Waals surface area contributed by atoms with Gasteiger partial charge in [-0.2, -0.15) is 0 Å². The highest BCUT2D eigenvalue weighted by Crippen LogP contribution is 2.29. The summed E-state index contributed by atoms with van der Waals surface area (Å²) < 4.78 is 28.2. The third-order valence-corrected chi connectivity index (χ3v) is 5.65. The Hall–Kier alpha value is -2.64. The summed E-state index contributed by atoms with van der Waals surface area (Å²) in [6.07, 6.45) is 2.34. The van der Waals surface area contributed by atoms with Crippen LogP contribution in [0.3, 0.4) is 0 Å². The van der Waals surface area contributed by atoms with Crippen LogP contribution in [0.4, 0.5) is 8.78 Å². The number of alkyl halides is 1. The lowest BCUT2D eigenvalue weighted by Crippen LogP contribution is -2.48. The predicted molar refractivity (Wildman–Crippen MR) is 112 cm³/mol. The Morgan fingerprint density at radius 1 is 0.933 bits per heavy atom. The van der Waals surface area contributed by atoms with Crippen LogP contribution in [-0.4, -0.2) is 64.0 Å². The average molecular weight is 412 g/mol. The minimum atomic E-state index is -0.277. The standard InChI is InChI=1S/C23H27F2N5/c24-11-4-12-28-13-15-29(16-14-28)22(20-7-9-21(25)10-8-20)23-27-26-18-30(23)17-19-5-2-1-3-6-19/h1-3,5-10,18,22H,4,11-17H2. The molecule has 2 aromatic carbocycles. The number of aromatic nitrogens is 3. The molecule has 1 aliphatic heterocycles. The van der Waals surface area contributed by atoms with Gasteiger partial charge in [0.25, 0.3) is 0 Å². The second-order valence-electron chi connectivity index (χ2n) is 7.68. The van der Waals surface area contributed by atoms with Gasteiger partial charge in [-0.1, -0.05) is 42.5 Å². The lowest BCUT2D eigenvalue weighted by atomic mass is 10.0. The van der Waals surface area contributed by atoms with Gasteiger partial charge < -0.3 is 9.47 Å². The quantitative estimate of drug-likeness (QED) is 0.568. The maximum Gasteiger partial charge on any atom is 0.155 e. The minimum absolute atomic E-state index is 0.111. The molecule has 0 radical (unpaired) electrons. The van der Waals surface area contributed by atoms with E-state index in [1.807, 2.05) is 30.3 Å². The lowest BCUT2D eigenvalue weighted by Gasteiger charge is -2.39. The van der Waals surface area contributed by atoms with E-state index >= 15 is 0 Å². The van der Waals surface area contributed by atoms with Gasteiger partial charge in [-0.25, -0.2) is 4.39 Å². The summed E-state index contributed by atoms with van der Waals surface area (Å²) in [7, 11) is 0. The van der Waals surface area contributed by atoms with Crippen molar-refractivity contribution in [1.29, 1.82) is 0 Å². The second-order valence-corrected chi connectivity index (χ2v) is 7.68. The fraction of sp³-hybridized carbons (Fsp3) is 0.391. The van der Waals surface area contributed by atoms with Crippen LogP contribution >= 0.6 is 0 Å². The van der Waals surface area contributed by atoms with Gasteiger partial charge in [0.15, 0.2) is 5.82 Å². The first-order valence-electron chi connectivity index (χ1n) is 10.4. The van der Waals surface area contributed by atoms with Crippen LogP contribution in [0.15, 0.2) is 60.9 Å². The van der Waals surface area contributed by atoms with Crippen molar-refractivity contribution in [3.63, 3.8) is 0 Å². The molecule has 0 saturated carbocycles. The van der Waals surface area contributed by atoms with E-state index in [0.29, 0.717) is 13.0 Å². The van der Waals surface area contributed by atoms with Gasteiger partial charge in [0, 0.05) is 32.7 Å². The normalized spacial score (nSPS) is 16.6. The van der Waals surface area contributed by atoms with Gasteiger partial charge in [0.05, 0.1) is 19.3 Å². The summed E-state index contributed by atoms with van der Waals surface area (Å²) in [6, 6.07) is 16.8. The Bertz CT molecular complexity index is 905. The van der Waals surface area contributed by atoms with Gasteiger partial charge in [0.2, 0.25) is 0 Å². The summed E-state index contributed by atoms with van der Waals surface area (Å²) in [4.78, 5) is 4.66. The predicted octanol–water partition coefficient (Wildman–Crippen LogP) is 3.53. The molecule has 0 spiro atoms. The maximum absolute atomic E-state index is 13.6. The van der Waals surface area contributed by atoms with E-state index in [-0.39, 0.29) is 18.5 Å². The zero-order valence-electron chi connectivity index (χ0n) is 17.0. The molecule has 0 bridgehead atoms. The fourth-order valence-electron chi connectivity index (χ4n) is 4.07. The number of hydrogen-bond donors (Lipinski definition) is 0. The number of hydrogen-bond acceptors (Lipinski definition) is 4. The van der Waals surface area contributed by atoms with Crippen LogP contribution in [-0.2, 0) is 6.54 Å². The summed E-state index contributed by atoms with van der Waals surface area (Å²) in [5, 5.41) is 8.66. The van der Waals surface area contributed by atoms with Crippen LogP contribution < -0.4 is 0 Å². The Labute approximate surface area is 176 Å². The molecule has 30 heavy (non-hydrogen) atoms. The fourth-order valence-corrected chi connectivity index (χ4v) is 4.07. The summed E-state index contributed by atoms with van der Waals surface area (Å²) in [6.45, 7) is 4.63. The Kier molecular flexibility index (Phi) is 6.81. The molecule has 7 heteroatoms. The van der Waals surface area contributed by atoms with Crippen molar-refractivity contribution in [1.82, 2.24) is 24.6 Å². The monoisotopic (exact) mass is 411 g/mol. The van der Waals surface area contributed by atoms with Gasteiger partial charge in [-0.15, -0.1) is 10.2 Å². The van der Waals surface area contributed by atoms with Crippen molar-refractivity contribution in [2.45, 2.75) is 19.0 Å². The van der Waals surface area contributed by atoms with Crippen molar-refractivity contribution in [3.05, 3.63) is 83.7 Å². The largest absolute Gasteiger partial charge is 0.311 e. The van der Waals surface area contributed by atoms with Crippen molar-refractivity contribution in [2.24, 2.45) is 0 Å². The molecule has 1 unspecified atom stereocenters. The van der Waals surface area contributed by atoms with E-state index in [1.165, 1.54) is 17.7 Å². The van der Waals surface area contributed by atoms with Crippen molar-refractivity contribution in [3.8, 4) is 0 Å². The molecule has 4 rings (SSSR count). The molecule has 0 N–H and O–H groups in total. The van der Waals surface area contributed by atoms with E-state index in [4.69, 9.17) is 0 Å². The molecule has 3 aromatic rings. The smallest absolute Gasteiger partial charge is 0.155 e. The first kappa shape index (κ1) is 20.6. The maximum atomic E-state index is 13.6. The number of piperazine rings is 1. The average Bonchev–Trinajstić information content (AvgIpc) is 3.23. The summed E-state index contributed by atoms with van der Waals surface area (Å²) >= 11 is 0. The summed E-state index contributed by atoms with van der Waals surface area (Å²) in [5.41, 5.74) is 2.17. The second kappa shape index (κ2) is 9.91. The van der Waals surface area contributed by atoms with Crippen LogP contribution in [0.1, 0.15) is 29.4 Å². The Morgan fingerprint density at radius 2 is 1.67 bits per heavy atom. The minimum Gasteiger partial charge on any atom is -0.311 e. The van der Waals surface area contributed by atoms with E-state index in [9.17, 15) is 8.78 Å². The molecule has 158 valence electrons. The molecule has 1 aromatic heterocycles. The highest BCUT2D eigenvalue weighted by molar-refractivity contribution is 5.26. The van der Waals surface area contributed by atoms with E-state index in [1.54, 1.807) is 6.33 Å². The van der Waals surface area contributed by atoms with Crippen LogP contribution in [0, 0.1) is 5.82 Å². The number of rotatable bonds is 8. The highest BCUT2D eigenvalue weighted by Gasteiger charge is 2.30. The van der Waals surface area contributed by atoms with E-state index in [2.05, 4.69) is 36.7 Å². The first-order chi connectivity index (χ1) is 14.7. The van der Waals surface area contributed by atoms with Crippen LogP contribution in [0.5, 0.6) is 0 Å². The SMILES string of the molecule is FCCCN1CCN(C(c2ccc(F)cc2)c2nncn2Cc2ccccc2)CC1. The van der Waals surface area contributed by atoms with Crippen LogP contribution in [0.2, 0.25) is 0 Å². The van der Waals surface area contributed by atoms with Crippen LogP contribution in [0.25, 0.3) is 0 Å². The molecule has 2 heterocycles. The molecule has 0 aliphatic carbocycles. The molecular formula is C23H27F2N5. The number of halogens is 2. The number of benzene rings is 2. The molecule has 0 amide bonds. The molecule has 5 nitrogen and oxygen atoms in total. The molecule has 1 aliphatic rings.